The normalized spacial score (nSPS) is 10.1. The van der Waals surface area contributed by atoms with Crippen LogP contribution in [0.15, 0.2) is 24.4 Å². The van der Waals surface area contributed by atoms with Crippen LogP contribution in [0.1, 0.15) is 38.8 Å². The number of hydrogen-bond donors (Lipinski definition) is 1. The van der Waals surface area contributed by atoms with E-state index in [1.165, 1.54) is 6.92 Å². The second-order valence-electron chi connectivity index (χ2n) is 4.72. The second kappa shape index (κ2) is 9.07. The number of aromatic nitrogens is 1. The molecule has 0 aliphatic carbocycles. The summed E-state index contributed by atoms with van der Waals surface area (Å²) in [5.41, 5.74) is 0.828. The van der Waals surface area contributed by atoms with Gasteiger partial charge in [0.05, 0.1) is 12.2 Å². The number of nitrogens with one attached hydrogen (secondary N) is 1. The molecule has 1 rings (SSSR count). The van der Waals surface area contributed by atoms with E-state index in [-0.39, 0.29) is 11.8 Å². The maximum Gasteiger partial charge on any atom is 0.221 e. The van der Waals surface area contributed by atoms with E-state index in [0.717, 1.165) is 18.5 Å². The van der Waals surface area contributed by atoms with E-state index < -0.39 is 0 Å². The van der Waals surface area contributed by atoms with Gasteiger partial charge in [-0.25, -0.2) is 0 Å². The molecule has 1 aromatic heterocycles. The van der Waals surface area contributed by atoms with Gasteiger partial charge in [-0.1, -0.05) is 19.4 Å². The molecule has 1 heterocycles. The molecule has 0 aliphatic heterocycles. The summed E-state index contributed by atoms with van der Waals surface area (Å²) in [5, 5.41) is 2.85. The Morgan fingerprint density at radius 3 is 2.75 bits per heavy atom. The minimum Gasteiger partial charge on any atom is -0.356 e. The lowest BCUT2D eigenvalue weighted by atomic mass is 10.3. The number of carbonyl (C=O) groups excluding carboxylic acids is 2. The van der Waals surface area contributed by atoms with Crippen molar-refractivity contribution in [2.75, 3.05) is 13.1 Å². The minimum absolute atomic E-state index is 0.00859. The lowest BCUT2D eigenvalue weighted by Gasteiger charge is -2.20. The maximum absolute atomic E-state index is 11.6. The predicted octanol–water partition coefficient (Wildman–Crippen LogP) is 1.74. The van der Waals surface area contributed by atoms with Crippen molar-refractivity contribution in [2.45, 2.75) is 39.7 Å². The fourth-order valence-electron chi connectivity index (χ4n) is 1.76. The summed E-state index contributed by atoms with van der Waals surface area (Å²) >= 11 is 0. The van der Waals surface area contributed by atoms with Crippen LogP contribution in [0, 0.1) is 0 Å². The Balaban J connectivity index is 2.40. The molecule has 0 saturated heterocycles. The number of hydrogen-bond acceptors (Lipinski definition) is 3. The summed E-state index contributed by atoms with van der Waals surface area (Å²) in [6.07, 6.45) is 4.07. The Bertz CT molecular complexity index is 420. The van der Waals surface area contributed by atoms with E-state index in [2.05, 4.69) is 17.2 Å². The summed E-state index contributed by atoms with van der Waals surface area (Å²) in [6.45, 7) is 5.16. The van der Waals surface area contributed by atoms with Gasteiger partial charge in [-0.15, -0.1) is 0 Å². The van der Waals surface area contributed by atoms with Crippen LogP contribution in [0.3, 0.4) is 0 Å². The molecule has 110 valence electrons. The molecule has 0 radical (unpaired) electrons. The zero-order valence-electron chi connectivity index (χ0n) is 12.3. The number of amides is 2. The lowest BCUT2D eigenvalue weighted by Crippen LogP contribution is -2.34. The molecular weight excluding hydrogens is 254 g/mol. The highest BCUT2D eigenvalue weighted by Crippen LogP contribution is 2.02. The van der Waals surface area contributed by atoms with Crippen molar-refractivity contribution in [1.82, 2.24) is 15.2 Å². The van der Waals surface area contributed by atoms with E-state index >= 15 is 0 Å². The first-order valence-corrected chi connectivity index (χ1v) is 7.05. The monoisotopic (exact) mass is 277 g/mol. The molecule has 0 aliphatic rings. The van der Waals surface area contributed by atoms with Crippen LogP contribution < -0.4 is 5.32 Å². The largest absolute Gasteiger partial charge is 0.356 e. The molecule has 0 unspecified atom stereocenters. The van der Waals surface area contributed by atoms with Crippen molar-refractivity contribution in [2.24, 2.45) is 0 Å². The number of carbonyl (C=O) groups is 2. The number of nitrogens with zero attached hydrogens (tertiary/aromatic N) is 2. The molecule has 0 atom stereocenters. The van der Waals surface area contributed by atoms with E-state index in [1.54, 1.807) is 11.1 Å². The second-order valence-corrected chi connectivity index (χ2v) is 4.72. The van der Waals surface area contributed by atoms with Gasteiger partial charge in [-0.3, -0.25) is 14.6 Å². The Kier molecular flexibility index (Phi) is 7.32. The molecule has 5 heteroatoms. The van der Waals surface area contributed by atoms with Gasteiger partial charge in [0, 0.05) is 32.6 Å². The zero-order valence-corrected chi connectivity index (χ0v) is 12.3. The SMILES string of the molecule is CCCCNC(=O)CCN(Cc1ccccn1)C(C)=O. The van der Waals surface area contributed by atoms with E-state index in [9.17, 15) is 9.59 Å². The average molecular weight is 277 g/mol. The third-order valence-electron chi connectivity index (χ3n) is 2.99. The average Bonchev–Trinajstić information content (AvgIpc) is 2.44. The van der Waals surface area contributed by atoms with Crippen LogP contribution in [0.5, 0.6) is 0 Å². The fourth-order valence-corrected chi connectivity index (χ4v) is 1.76. The van der Waals surface area contributed by atoms with Crippen molar-refractivity contribution in [1.29, 1.82) is 0 Å². The van der Waals surface area contributed by atoms with Gasteiger partial charge in [-0.2, -0.15) is 0 Å². The van der Waals surface area contributed by atoms with E-state index in [4.69, 9.17) is 0 Å². The molecular formula is C15H23N3O2. The van der Waals surface area contributed by atoms with Gasteiger partial charge in [0.15, 0.2) is 0 Å². The van der Waals surface area contributed by atoms with Crippen LogP contribution in [0.25, 0.3) is 0 Å². The van der Waals surface area contributed by atoms with Gasteiger partial charge in [0.25, 0.3) is 0 Å². The standard InChI is InChI=1S/C15H23N3O2/c1-3-4-9-17-15(20)8-11-18(13(2)19)12-14-7-5-6-10-16-14/h5-7,10H,3-4,8-9,11-12H2,1-2H3,(H,17,20). The van der Waals surface area contributed by atoms with Gasteiger partial charge in [0.2, 0.25) is 11.8 Å². The molecule has 2 amide bonds. The summed E-state index contributed by atoms with van der Waals surface area (Å²) in [4.78, 5) is 29.1. The van der Waals surface area contributed by atoms with Crippen LogP contribution in [0.4, 0.5) is 0 Å². The smallest absolute Gasteiger partial charge is 0.221 e. The summed E-state index contributed by atoms with van der Waals surface area (Å²) in [7, 11) is 0. The molecule has 0 saturated carbocycles. The summed E-state index contributed by atoms with van der Waals surface area (Å²) in [5.74, 6) is -0.0530. The van der Waals surface area contributed by atoms with Crippen molar-refractivity contribution in [3.8, 4) is 0 Å². The van der Waals surface area contributed by atoms with Crippen LogP contribution in [0.2, 0.25) is 0 Å². The molecule has 5 nitrogen and oxygen atoms in total. The zero-order chi connectivity index (χ0) is 14.8. The Labute approximate surface area is 120 Å². The highest BCUT2D eigenvalue weighted by atomic mass is 16.2. The topological polar surface area (TPSA) is 62.3 Å². The van der Waals surface area contributed by atoms with Gasteiger partial charge < -0.3 is 10.2 Å². The van der Waals surface area contributed by atoms with Gasteiger partial charge >= 0.3 is 0 Å². The van der Waals surface area contributed by atoms with Crippen molar-refractivity contribution in [3.05, 3.63) is 30.1 Å². The molecule has 0 spiro atoms. The number of unbranched alkanes of at least 4 members (excludes halogenated alkanes) is 1. The molecule has 1 aromatic rings. The first-order valence-electron chi connectivity index (χ1n) is 7.05. The van der Waals surface area contributed by atoms with Crippen molar-refractivity contribution < 1.29 is 9.59 Å². The fraction of sp³-hybridized carbons (Fsp3) is 0.533. The highest BCUT2D eigenvalue weighted by Gasteiger charge is 2.12. The van der Waals surface area contributed by atoms with Crippen LogP contribution in [-0.2, 0) is 16.1 Å². The van der Waals surface area contributed by atoms with E-state index in [1.807, 2.05) is 18.2 Å². The maximum atomic E-state index is 11.6. The number of pyridine rings is 1. The first kappa shape index (κ1) is 16.1. The summed E-state index contributed by atoms with van der Waals surface area (Å²) < 4.78 is 0. The minimum atomic E-state index is -0.0444. The quantitative estimate of drug-likeness (QED) is 0.736. The summed E-state index contributed by atoms with van der Waals surface area (Å²) in [6, 6.07) is 5.60. The molecule has 0 fully saturated rings. The van der Waals surface area contributed by atoms with E-state index in [0.29, 0.717) is 26.1 Å². The third kappa shape index (κ3) is 6.31. The Hall–Kier alpha value is -1.91. The lowest BCUT2D eigenvalue weighted by molar-refractivity contribution is -0.130. The molecule has 0 aromatic carbocycles. The van der Waals surface area contributed by atoms with Gasteiger partial charge in [0.1, 0.15) is 0 Å². The molecule has 0 bridgehead atoms. The first-order chi connectivity index (χ1) is 9.63. The van der Waals surface area contributed by atoms with Crippen LogP contribution in [-0.4, -0.2) is 34.8 Å². The van der Waals surface area contributed by atoms with Gasteiger partial charge in [-0.05, 0) is 18.6 Å². The third-order valence-corrected chi connectivity index (χ3v) is 2.99. The number of rotatable bonds is 8. The Morgan fingerprint density at radius 1 is 1.35 bits per heavy atom. The van der Waals surface area contributed by atoms with Crippen molar-refractivity contribution in [3.63, 3.8) is 0 Å². The predicted molar refractivity (Wildman–Crippen MR) is 77.9 cm³/mol. The highest BCUT2D eigenvalue weighted by molar-refractivity contribution is 5.77. The molecule has 1 N–H and O–H groups in total. The van der Waals surface area contributed by atoms with Crippen molar-refractivity contribution >= 4 is 11.8 Å². The molecule has 20 heavy (non-hydrogen) atoms. The Morgan fingerprint density at radius 2 is 2.15 bits per heavy atom. The van der Waals surface area contributed by atoms with Crippen LogP contribution >= 0.6 is 0 Å².